The smallest absolute Gasteiger partial charge is 0.137 e. The van der Waals surface area contributed by atoms with Gasteiger partial charge in [-0.3, -0.25) is 4.79 Å². The van der Waals surface area contributed by atoms with Gasteiger partial charge in [0.1, 0.15) is 5.78 Å². The minimum Gasteiger partial charge on any atom is -0.299 e. The van der Waals surface area contributed by atoms with Crippen LogP contribution in [0.3, 0.4) is 0 Å². The van der Waals surface area contributed by atoms with Gasteiger partial charge in [0.05, 0.1) is 0 Å². The van der Waals surface area contributed by atoms with Crippen molar-refractivity contribution < 1.29 is 4.79 Å². The van der Waals surface area contributed by atoms with Gasteiger partial charge in [-0.15, -0.1) is 0 Å². The first-order valence-corrected chi connectivity index (χ1v) is 6.97. The molecule has 0 radical (unpaired) electrons. The summed E-state index contributed by atoms with van der Waals surface area (Å²) in [5, 5.41) is 0. The maximum absolute atomic E-state index is 12.2. The summed E-state index contributed by atoms with van der Waals surface area (Å²) in [6, 6.07) is 21.1. The molecule has 2 saturated carbocycles. The highest BCUT2D eigenvalue weighted by Gasteiger charge is 2.71. The molecule has 4 rings (SSSR count). The molecule has 2 aliphatic carbocycles. The third-order valence-corrected chi connectivity index (χ3v) is 4.94. The molecule has 0 aromatic heterocycles. The number of Topliss-reactive ketones (excluding diaryl/α,β-unsaturated/α-hetero) is 1. The highest BCUT2D eigenvalue weighted by molar-refractivity contribution is 5.92. The lowest BCUT2D eigenvalue weighted by molar-refractivity contribution is -0.119. The summed E-state index contributed by atoms with van der Waals surface area (Å²) in [5.74, 6) is 1.08. The van der Waals surface area contributed by atoms with E-state index >= 15 is 0 Å². The van der Waals surface area contributed by atoms with Crippen molar-refractivity contribution in [3.63, 3.8) is 0 Å². The molecule has 2 aromatic rings. The van der Waals surface area contributed by atoms with Crippen LogP contribution in [0.1, 0.15) is 29.9 Å². The van der Waals surface area contributed by atoms with Crippen molar-refractivity contribution in [2.45, 2.75) is 24.2 Å². The molecule has 0 N–H and O–H groups in total. The van der Waals surface area contributed by atoms with Crippen molar-refractivity contribution in [2.24, 2.45) is 5.92 Å². The van der Waals surface area contributed by atoms with E-state index in [1.807, 2.05) is 12.1 Å². The number of benzene rings is 2. The second kappa shape index (κ2) is 3.80. The van der Waals surface area contributed by atoms with Crippen LogP contribution in [0.4, 0.5) is 0 Å². The van der Waals surface area contributed by atoms with Gasteiger partial charge in [-0.2, -0.15) is 0 Å². The summed E-state index contributed by atoms with van der Waals surface area (Å²) in [4.78, 5) is 12.2. The SMILES string of the molecule is O=C1CCC2(c3ccccc3)C1C2c1ccccc1. The van der Waals surface area contributed by atoms with Crippen molar-refractivity contribution in [3.8, 4) is 0 Å². The molecular formula is C18H16O. The predicted octanol–water partition coefficient (Wildman–Crippen LogP) is 3.70. The average Bonchev–Trinajstić information content (AvgIpc) is 3.06. The van der Waals surface area contributed by atoms with Crippen LogP contribution < -0.4 is 0 Å². The standard InChI is InChI=1S/C18H16O/c19-15-11-12-18(14-9-5-2-6-10-14)16(17(15)18)13-7-3-1-4-8-13/h1-10,16-17H,11-12H2. The summed E-state index contributed by atoms with van der Waals surface area (Å²) in [5.41, 5.74) is 2.77. The van der Waals surface area contributed by atoms with Crippen LogP contribution in [-0.2, 0) is 10.2 Å². The Morgan fingerprint density at radius 2 is 1.47 bits per heavy atom. The molecule has 0 aliphatic heterocycles. The van der Waals surface area contributed by atoms with Crippen LogP contribution in [0.5, 0.6) is 0 Å². The fourth-order valence-electron chi connectivity index (χ4n) is 4.11. The largest absolute Gasteiger partial charge is 0.299 e. The van der Waals surface area contributed by atoms with Crippen LogP contribution in [-0.4, -0.2) is 5.78 Å². The van der Waals surface area contributed by atoms with Crippen molar-refractivity contribution in [2.75, 3.05) is 0 Å². The van der Waals surface area contributed by atoms with E-state index in [2.05, 4.69) is 48.5 Å². The lowest BCUT2D eigenvalue weighted by Crippen LogP contribution is -2.08. The van der Waals surface area contributed by atoms with Gasteiger partial charge in [-0.05, 0) is 17.5 Å². The Hall–Kier alpha value is -1.89. The molecule has 94 valence electrons. The summed E-state index contributed by atoms with van der Waals surface area (Å²) in [6.45, 7) is 0. The first kappa shape index (κ1) is 11.0. The summed E-state index contributed by atoms with van der Waals surface area (Å²) < 4.78 is 0. The highest BCUT2D eigenvalue weighted by Crippen LogP contribution is 2.72. The van der Waals surface area contributed by atoms with E-state index in [0.29, 0.717) is 11.7 Å². The predicted molar refractivity (Wildman–Crippen MR) is 75.0 cm³/mol. The average molecular weight is 248 g/mol. The second-order valence-electron chi connectivity index (χ2n) is 5.74. The van der Waals surface area contributed by atoms with Crippen LogP contribution in [0.2, 0.25) is 0 Å². The quantitative estimate of drug-likeness (QED) is 0.792. The summed E-state index contributed by atoms with van der Waals surface area (Å²) in [6.07, 6.45) is 1.77. The van der Waals surface area contributed by atoms with Gasteiger partial charge in [0.15, 0.2) is 0 Å². The third kappa shape index (κ3) is 1.39. The molecule has 3 atom stereocenters. The Morgan fingerprint density at radius 3 is 2.16 bits per heavy atom. The van der Waals surface area contributed by atoms with E-state index in [1.165, 1.54) is 11.1 Å². The number of ketones is 1. The lowest BCUT2D eigenvalue weighted by atomic mass is 9.88. The molecule has 0 saturated heterocycles. The first-order chi connectivity index (χ1) is 9.34. The molecule has 2 aromatic carbocycles. The second-order valence-corrected chi connectivity index (χ2v) is 5.74. The number of carbonyl (C=O) groups is 1. The summed E-state index contributed by atoms with van der Waals surface area (Å²) >= 11 is 0. The van der Waals surface area contributed by atoms with Gasteiger partial charge < -0.3 is 0 Å². The van der Waals surface area contributed by atoms with Crippen LogP contribution >= 0.6 is 0 Å². The molecule has 2 fully saturated rings. The number of fused-ring (bicyclic) bond motifs is 1. The number of rotatable bonds is 2. The van der Waals surface area contributed by atoms with Crippen LogP contribution in [0.15, 0.2) is 60.7 Å². The van der Waals surface area contributed by atoms with E-state index in [-0.39, 0.29) is 11.3 Å². The number of carbonyl (C=O) groups excluding carboxylic acids is 1. The fourth-order valence-corrected chi connectivity index (χ4v) is 4.11. The molecule has 2 aliphatic rings. The Kier molecular flexibility index (Phi) is 2.20. The minimum absolute atomic E-state index is 0.0969. The van der Waals surface area contributed by atoms with Crippen molar-refractivity contribution in [1.29, 1.82) is 0 Å². The van der Waals surface area contributed by atoms with Gasteiger partial charge >= 0.3 is 0 Å². The molecule has 0 amide bonds. The zero-order valence-corrected chi connectivity index (χ0v) is 10.8. The van der Waals surface area contributed by atoms with E-state index < -0.39 is 0 Å². The Morgan fingerprint density at radius 1 is 0.842 bits per heavy atom. The topological polar surface area (TPSA) is 17.1 Å². The van der Waals surface area contributed by atoms with Gasteiger partial charge in [-0.25, -0.2) is 0 Å². The van der Waals surface area contributed by atoms with E-state index in [4.69, 9.17) is 0 Å². The molecule has 1 nitrogen and oxygen atoms in total. The fraction of sp³-hybridized carbons (Fsp3) is 0.278. The number of hydrogen-bond acceptors (Lipinski definition) is 1. The van der Waals surface area contributed by atoms with Gasteiger partial charge in [-0.1, -0.05) is 60.7 Å². The summed E-state index contributed by atoms with van der Waals surface area (Å²) in [7, 11) is 0. The molecule has 0 heterocycles. The van der Waals surface area contributed by atoms with Crippen molar-refractivity contribution in [3.05, 3.63) is 71.8 Å². The van der Waals surface area contributed by atoms with Gasteiger partial charge in [0.25, 0.3) is 0 Å². The maximum atomic E-state index is 12.2. The Labute approximate surface area is 113 Å². The molecule has 3 unspecified atom stereocenters. The molecule has 0 spiro atoms. The zero-order chi connectivity index (χ0) is 12.9. The van der Waals surface area contributed by atoms with Gasteiger partial charge in [0, 0.05) is 23.7 Å². The van der Waals surface area contributed by atoms with Gasteiger partial charge in [0.2, 0.25) is 0 Å². The van der Waals surface area contributed by atoms with E-state index in [0.717, 1.165) is 12.8 Å². The molecule has 19 heavy (non-hydrogen) atoms. The molecule has 0 bridgehead atoms. The van der Waals surface area contributed by atoms with E-state index in [1.54, 1.807) is 0 Å². The number of hydrogen-bond donors (Lipinski definition) is 0. The highest BCUT2D eigenvalue weighted by atomic mass is 16.1. The van der Waals surface area contributed by atoms with Crippen molar-refractivity contribution >= 4 is 5.78 Å². The van der Waals surface area contributed by atoms with Crippen molar-refractivity contribution in [1.82, 2.24) is 0 Å². The zero-order valence-electron chi connectivity index (χ0n) is 10.8. The maximum Gasteiger partial charge on any atom is 0.137 e. The lowest BCUT2D eigenvalue weighted by Gasteiger charge is -2.15. The molecule has 1 heteroatoms. The Bertz CT molecular complexity index is 617. The minimum atomic E-state index is 0.0969. The normalized spacial score (nSPS) is 32.1. The molecular weight excluding hydrogens is 232 g/mol. The van der Waals surface area contributed by atoms with E-state index in [9.17, 15) is 4.79 Å². The Balaban J connectivity index is 1.81. The first-order valence-electron chi connectivity index (χ1n) is 6.97. The third-order valence-electron chi connectivity index (χ3n) is 4.94. The van der Waals surface area contributed by atoms with Crippen LogP contribution in [0, 0.1) is 5.92 Å². The monoisotopic (exact) mass is 248 g/mol. The van der Waals surface area contributed by atoms with Crippen LogP contribution in [0.25, 0.3) is 0 Å².